The lowest BCUT2D eigenvalue weighted by Gasteiger charge is -2.27. The van der Waals surface area contributed by atoms with Crippen LogP contribution in [0.25, 0.3) is 0 Å². The van der Waals surface area contributed by atoms with Gasteiger partial charge in [-0.15, -0.1) is 24.0 Å². The van der Waals surface area contributed by atoms with Crippen LogP contribution >= 0.6 is 35.6 Å². The maximum atomic E-state index is 5.85. The molecule has 8 heteroatoms. The third-order valence-electron chi connectivity index (χ3n) is 4.86. The molecular formula is C22H31ClIN5O. The van der Waals surface area contributed by atoms with Crippen LogP contribution in [0.5, 0.6) is 0 Å². The summed E-state index contributed by atoms with van der Waals surface area (Å²) in [7, 11) is 0. The molecule has 0 bridgehead atoms. The zero-order valence-electron chi connectivity index (χ0n) is 17.4. The number of rotatable bonds is 8. The van der Waals surface area contributed by atoms with Crippen LogP contribution in [0.3, 0.4) is 0 Å². The smallest absolute Gasteiger partial charge is 0.191 e. The first kappa shape index (κ1) is 24.8. The largest absolute Gasteiger partial charge is 0.379 e. The third kappa shape index (κ3) is 8.37. The van der Waals surface area contributed by atoms with Gasteiger partial charge >= 0.3 is 0 Å². The maximum absolute atomic E-state index is 5.85. The van der Waals surface area contributed by atoms with Crippen LogP contribution in [0, 0.1) is 0 Å². The summed E-state index contributed by atoms with van der Waals surface area (Å²) >= 11 is 5.85. The van der Waals surface area contributed by atoms with E-state index in [0.717, 1.165) is 63.9 Å². The van der Waals surface area contributed by atoms with Crippen molar-refractivity contribution in [2.24, 2.45) is 4.99 Å². The van der Waals surface area contributed by atoms with Crippen molar-refractivity contribution in [3.8, 4) is 0 Å². The molecule has 0 atom stereocenters. The highest BCUT2D eigenvalue weighted by molar-refractivity contribution is 14.0. The average Bonchev–Trinajstić information content (AvgIpc) is 2.75. The predicted octanol–water partition coefficient (Wildman–Crippen LogP) is 3.48. The highest BCUT2D eigenvalue weighted by Gasteiger charge is 2.12. The van der Waals surface area contributed by atoms with Crippen LogP contribution in [-0.4, -0.2) is 55.2 Å². The van der Waals surface area contributed by atoms with Crippen molar-refractivity contribution in [1.29, 1.82) is 0 Å². The molecule has 2 N–H and O–H groups in total. The van der Waals surface area contributed by atoms with Gasteiger partial charge in [-0.2, -0.15) is 0 Å². The quantitative estimate of drug-likeness (QED) is 0.231. The number of ether oxygens (including phenoxy) is 1. The SMILES string of the molecule is CCNC(=NCc1ccccc1CN1CCOCC1)NCCc1ccc(Cl)nc1.I. The molecule has 0 aliphatic carbocycles. The number of aromatic nitrogens is 1. The van der Waals surface area contributed by atoms with Gasteiger partial charge in [-0.25, -0.2) is 9.98 Å². The molecule has 0 unspecified atom stereocenters. The Morgan fingerprint density at radius 2 is 1.90 bits per heavy atom. The minimum atomic E-state index is 0. The molecule has 1 aromatic carbocycles. The van der Waals surface area contributed by atoms with Gasteiger partial charge in [0.2, 0.25) is 0 Å². The Bertz CT molecular complexity index is 781. The maximum Gasteiger partial charge on any atom is 0.191 e. The van der Waals surface area contributed by atoms with Crippen molar-refractivity contribution in [3.63, 3.8) is 0 Å². The van der Waals surface area contributed by atoms with Crippen LogP contribution in [0.15, 0.2) is 47.6 Å². The first-order chi connectivity index (χ1) is 14.2. The number of hydrogen-bond acceptors (Lipinski definition) is 4. The monoisotopic (exact) mass is 543 g/mol. The normalized spacial score (nSPS) is 14.8. The minimum absolute atomic E-state index is 0. The minimum Gasteiger partial charge on any atom is -0.379 e. The van der Waals surface area contributed by atoms with Gasteiger partial charge < -0.3 is 15.4 Å². The number of pyridine rings is 1. The second kappa shape index (κ2) is 13.8. The van der Waals surface area contributed by atoms with Crippen LogP contribution < -0.4 is 10.6 Å². The fourth-order valence-corrected chi connectivity index (χ4v) is 3.36. The molecule has 30 heavy (non-hydrogen) atoms. The topological polar surface area (TPSA) is 61.8 Å². The van der Waals surface area contributed by atoms with Crippen LogP contribution in [-0.2, 0) is 24.2 Å². The second-order valence-corrected chi connectivity index (χ2v) is 7.41. The van der Waals surface area contributed by atoms with Gasteiger partial charge in [0.1, 0.15) is 5.15 Å². The van der Waals surface area contributed by atoms with Crippen molar-refractivity contribution in [3.05, 3.63) is 64.4 Å². The lowest BCUT2D eigenvalue weighted by molar-refractivity contribution is 0.0341. The van der Waals surface area contributed by atoms with Crippen LogP contribution in [0.4, 0.5) is 0 Å². The van der Waals surface area contributed by atoms with Crippen molar-refractivity contribution < 1.29 is 4.74 Å². The summed E-state index contributed by atoms with van der Waals surface area (Å²) in [6.45, 7) is 8.89. The molecular weight excluding hydrogens is 513 g/mol. The molecule has 6 nitrogen and oxygen atoms in total. The zero-order chi connectivity index (χ0) is 20.3. The van der Waals surface area contributed by atoms with E-state index in [0.29, 0.717) is 11.7 Å². The molecule has 1 aliphatic heterocycles. The Morgan fingerprint density at radius 3 is 2.60 bits per heavy atom. The molecule has 2 heterocycles. The number of nitrogens with zero attached hydrogens (tertiary/aromatic N) is 3. The number of morpholine rings is 1. The molecule has 0 spiro atoms. The number of halogens is 2. The summed E-state index contributed by atoms with van der Waals surface area (Å²) in [4.78, 5) is 11.4. The molecule has 2 aromatic rings. The Kier molecular flexibility index (Phi) is 11.4. The summed E-state index contributed by atoms with van der Waals surface area (Å²) < 4.78 is 5.46. The molecule has 0 saturated carbocycles. The van der Waals surface area contributed by atoms with E-state index < -0.39 is 0 Å². The first-order valence-electron chi connectivity index (χ1n) is 10.2. The summed E-state index contributed by atoms with van der Waals surface area (Å²) in [5, 5.41) is 7.25. The number of aliphatic imine (C=N–C) groups is 1. The number of nitrogens with one attached hydrogen (secondary N) is 2. The molecule has 3 rings (SSSR count). The van der Waals surface area contributed by atoms with Gasteiger partial charge in [0.15, 0.2) is 5.96 Å². The summed E-state index contributed by atoms with van der Waals surface area (Å²) in [5.74, 6) is 0.829. The average molecular weight is 544 g/mol. The van der Waals surface area contributed by atoms with Gasteiger partial charge in [0.05, 0.1) is 19.8 Å². The van der Waals surface area contributed by atoms with E-state index in [1.807, 2.05) is 18.3 Å². The Balaban J connectivity index is 0.00000320. The summed E-state index contributed by atoms with van der Waals surface area (Å²) in [6, 6.07) is 12.4. The van der Waals surface area contributed by atoms with Gasteiger partial charge in [-0.1, -0.05) is 41.9 Å². The summed E-state index contributed by atoms with van der Waals surface area (Å²) in [6.07, 6.45) is 2.68. The lowest BCUT2D eigenvalue weighted by Crippen LogP contribution is -2.38. The molecule has 0 amide bonds. The van der Waals surface area contributed by atoms with E-state index in [1.54, 1.807) is 0 Å². The zero-order valence-corrected chi connectivity index (χ0v) is 20.5. The van der Waals surface area contributed by atoms with E-state index in [4.69, 9.17) is 21.3 Å². The molecule has 0 radical (unpaired) electrons. The number of benzene rings is 1. The fraction of sp³-hybridized carbons (Fsp3) is 0.455. The first-order valence-corrected chi connectivity index (χ1v) is 10.6. The number of hydrogen-bond donors (Lipinski definition) is 2. The van der Waals surface area contributed by atoms with Gasteiger partial charge in [0, 0.05) is 38.9 Å². The van der Waals surface area contributed by atoms with Gasteiger partial charge in [-0.3, -0.25) is 4.90 Å². The number of guanidine groups is 1. The van der Waals surface area contributed by atoms with Crippen molar-refractivity contribution in [2.45, 2.75) is 26.4 Å². The summed E-state index contributed by atoms with van der Waals surface area (Å²) in [5.41, 5.74) is 3.74. The Morgan fingerprint density at radius 1 is 1.13 bits per heavy atom. The van der Waals surface area contributed by atoms with Crippen LogP contribution in [0.2, 0.25) is 5.15 Å². The molecule has 1 aromatic heterocycles. The highest BCUT2D eigenvalue weighted by atomic mass is 127. The molecule has 1 aliphatic rings. The predicted molar refractivity (Wildman–Crippen MR) is 134 cm³/mol. The van der Waals surface area contributed by atoms with Gasteiger partial charge in [-0.05, 0) is 36.1 Å². The lowest BCUT2D eigenvalue weighted by atomic mass is 10.1. The standard InChI is InChI=1S/C22H30ClN5O.HI/c1-2-24-22(25-10-9-18-7-8-21(23)26-15-18)27-16-19-5-3-4-6-20(19)17-28-11-13-29-14-12-28;/h3-8,15H,2,9-14,16-17H2,1H3,(H2,24,25,27);1H. The molecule has 164 valence electrons. The van der Waals surface area contributed by atoms with E-state index in [1.165, 1.54) is 11.1 Å². The van der Waals surface area contributed by atoms with E-state index in [2.05, 4.69) is 51.7 Å². The van der Waals surface area contributed by atoms with E-state index in [-0.39, 0.29) is 24.0 Å². The second-order valence-electron chi connectivity index (χ2n) is 7.02. The van der Waals surface area contributed by atoms with Crippen molar-refractivity contribution in [1.82, 2.24) is 20.5 Å². The molecule has 1 saturated heterocycles. The van der Waals surface area contributed by atoms with Gasteiger partial charge in [0.25, 0.3) is 0 Å². The third-order valence-corrected chi connectivity index (χ3v) is 5.09. The van der Waals surface area contributed by atoms with Crippen molar-refractivity contribution >= 4 is 41.5 Å². The van der Waals surface area contributed by atoms with E-state index in [9.17, 15) is 0 Å². The van der Waals surface area contributed by atoms with Crippen molar-refractivity contribution in [2.75, 3.05) is 39.4 Å². The van der Waals surface area contributed by atoms with E-state index >= 15 is 0 Å². The highest BCUT2D eigenvalue weighted by Crippen LogP contribution is 2.14. The van der Waals surface area contributed by atoms with Crippen LogP contribution in [0.1, 0.15) is 23.6 Å². The fourth-order valence-electron chi connectivity index (χ4n) is 3.25. The molecule has 1 fully saturated rings. The Hall–Kier alpha value is -1.42. The Labute approximate surface area is 201 Å².